The summed E-state index contributed by atoms with van der Waals surface area (Å²) in [4.78, 5) is 26.2. The number of carbonyl (C=O) groups excluding carboxylic acids is 2. The van der Waals surface area contributed by atoms with Crippen LogP contribution in [0.15, 0.2) is 18.2 Å². The lowest BCUT2D eigenvalue weighted by molar-refractivity contribution is -0.137. The van der Waals surface area contributed by atoms with Gasteiger partial charge in [0, 0.05) is 16.3 Å². The number of thiophene rings is 1. The van der Waals surface area contributed by atoms with Gasteiger partial charge in [-0.3, -0.25) is 4.79 Å². The molecule has 10 heteroatoms. The highest BCUT2D eigenvalue weighted by atomic mass is 35.5. The van der Waals surface area contributed by atoms with Crippen molar-refractivity contribution in [1.29, 1.82) is 0 Å². The summed E-state index contributed by atoms with van der Waals surface area (Å²) in [5, 5.41) is 2.64. The van der Waals surface area contributed by atoms with Crippen LogP contribution in [0.4, 0.5) is 18.2 Å². The molecule has 3 heterocycles. The number of carbonyl (C=O) groups is 2. The Morgan fingerprint density at radius 3 is 2.80 bits per heavy atom. The van der Waals surface area contributed by atoms with Gasteiger partial charge in [-0.25, -0.2) is 4.79 Å². The Kier molecular flexibility index (Phi) is 5.54. The van der Waals surface area contributed by atoms with Crippen LogP contribution in [0.3, 0.4) is 0 Å². The van der Waals surface area contributed by atoms with Gasteiger partial charge < -0.3 is 14.8 Å². The lowest BCUT2D eigenvalue weighted by Gasteiger charge is -2.21. The minimum atomic E-state index is -4.73. The first-order valence-electron chi connectivity index (χ1n) is 9.35. The van der Waals surface area contributed by atoms with Crippen LogP contribution in [0.2, 0.25) is 5.02 Å². The molecule has 1 fully saturated rings. The fourth-order valence-corrected chi connectivity index (χ4v) is 5.31. The van der Waals surface area contributed by atoms with E-state index in [1.807, 2.05) is 0 Å². The maximum absolute atomic E-state index is 13.4. The van der Waals surface area contributed by atoms with E-state index in [0.29, 0.717) is 6.42 Å². The molecule has 2 aromatic rings. The van der Waals surface area contributed by atoms with Crippen molar-refractivity contribution >= 4 is 39.8 Å². The molecular formula is C20H17ClF3NO4S. The zero-order chi connectivity index (χ0) is 21.6. The van der Waals surface area contributed by atoms with Gasteiger partial charge in [0.2, 0.25) is 0 Å². The van der Waals surface area contributed by atoms with Crippen molar-refractivity contribution in [2.24, 2.45) is 0 Å². The Bertz CT molecular complexity index is 1020. The average molecular weight is 460 g/mol. The van der Waals surface area contributed by atoms with Crippen molar-refractivity contribution in [3.63, 3.8) is 0 Å². The van der Waals surface area contributed by atoms with E-state index < -0.39 is 29.2 Å². The van der Waals surface area contributed by atoms with E-state index in [0.717, 1.165) is 52.8 Å². The molecule has 1 aromatic carbocycles. The van der Waals surface area contributed by atoms with E-state index >= 15 is 0 Å². The maximum Gasteiger partial charge on any atom is 0.417 e. The van der Waals surface area contributed by atoms with Crippen LogP contribution in [-0.4, -0.2) is 24.6 Å². The van der Waals surface area contributed by atoms with Crippen molar-refractivity contribution in [3.05, 3.63) is 50.4 Å². The molecule has 2 atom stereocenters. The first kappa shape index (κ1) is 21.1. The summed E-state index contributed by atoms with van der Waals surface area (Å²) in [5.41, 5.74) is -0.782. The van der Waals surface area contributed by atoms with Crippen molar-refractivity contribution in [2.45, 2.75) is 44.6 Å². The number of halogens is 4. The smallest absolute Gasteiger partial charge is 0.417 e. The number of ether oxygens (including phenoxy) is 2. The Morgan fingerprint density at radius 2 is 2.10 bits per heavy atom. The van der Waals surface area contributed by atoms with Crippen LogP contribution < -0.4 is 5.32 Å². The van der Waals surface area contributed by atoms with Gasteiger partial charge in [-0.2, -0.15) is 13.2 Å². The highest BCUT2D eigenvalue weighted by Gasteiger charge is 2.40. The second-order valence-corrected chi connectivity index (χ2v) is 8.53. The third-order valence-corrected chi connectivity index (χ3v) is 6.58. The largest absolute Gasteiger partial charge is 0.462 e. The van der Waals surface area contributed by atoms with Gasteiger partial charge in [-0.05, 0) is 43.5 Å². The summed E-state index contributed by atoms with van der Waals surface area (Å²) in [7, 11) is 0. The monoisotopic (exact) mass is 459 g/mol. The van der Waals surface area contributed by atoms with Gasteiger partial charge in [-0.1, -0.05) is 11.6 Å². The number of anilines is 1. The summed E-state index contributed by atoms with van der Waals surface area (Å²) in [6, 6.07) is 2.79. The molecule has 2 aliphatic heterocycles. The topological polar surface area (TPSA) is 64.6 Å². The minimum Gasteiger partial charge on any atom is -0.462 e. The van der Waals surface area contributed by atoms with Gasteiger partial charge in [0.1, 0.15) is 5.00 Å². The summed E-state index contributed by atoms with van der Waals surface area (Å²) < 4.78 is 51.1. The molecule has 0 spiro atoms. The zero-order valence-corrected chi connectivity index (χ0v) is 17.3. The molecule has 2 bridgehead atoms. The number of nitrogens with one attached hydrogen (secondary N) is 1. The van der Waals surface area contributed by atoms with E-state index in [1.165, 1.54) is 0 Å². The van der Waals surface area contributed by atoms with Crippen LogP contribution in [-0.2, 0) is 22.1 Å². The fourth-order valence-electron chi connectivity index (χ4n) is 3.85. The molecule has 2 unspecified atom stereocenters. The molecule has 0 radical (unpaired) electrons. The lowest BCUT2D eigenvalue weighted by atomic mass is 10.0. The zero-order valence-electron chi connectivity index (χ0n) is 15.8. The summed E-state index contributed by atoms with van der Waals surface area (Å²) in [6.45, 7) is 1.79. The van der Waals surface area contributed by atoms with E-state index in [2.05, 4.69) is 5.32 Å². The SMILES string of the molecule is CCOC(=O)c1c(NC(=O)c2cc(Cl)ccc2C(F)(F)F)sc2c1CC1CCC2O1. The Balaban J connectivity index is 1.74. The van der Waals surface area contributed by atoms with E-state index in [9.17, 15) is 22.8 Å². The Labute approximate surface area is 179 Å². The number of hydrogen-bond donors (Lipinski definition) is 1. The number of alkyl halides is 3. The van der Waals surface area contributed by atoms with E-state index in [-0.39, 0.29) is 34.4 Å². The summed E-state index contributed by atoms with van der Waals surface area (Å²) >= 11 is 6.97. The Hall–Kier alpha value is -2.10. The average Bonchev–Trinajstić information content (AvgIpc) is 3.23. The molecular weight excluding hydrogens is 443 g/mol. The predicted octanol–water partition coefficient (Wildman–Crippen LogP) is 5.63. The molecule has 1 saturated heterocycles. The predicted molar refractivity (Wildman–Crippen MR) is 105 cm³/mol. The molecule has 30 heavy (non-hydrogen) atoms. The molecule has 1 aromatic heterocycles. The van der Waals surface area contributed by atoms with Gasteiger partial charge in [0.25, 0.3) is 5.91 Å². The van der Waals surface area contributed by atoms with Crippen LogP contribution in [0.5, 0.6) is 0 Å². The molecule has 160 valence electrons. The van der Waals surface area contributed by atoms with Gasteiger partial charge in [-0.15, -0.1) is 11.3 Å². The molecule has 0 saturated carbocycles. The van der Waals surface area contributed by atoms with Crippen molar-refractivity contribution in [1.82, 2.24) is 0 Å². The highest BCUT2D eigenvalue weighted by molar-refractivity contribution is 7.17. The van der Waals surface area contributed by atoms with Crippen LogP contribution in [0, 0.1) is 0 Å². The normalized spacial score (nSPS) is 20.0. The van der Waals surface area contributed by atoms with Crippen molar-refractivity contribution in [3.8, 4) is 0 Å². The van der Waals surface area contributed by atoms with Gasteiger partial charge >= 0.3 is 12.1 Å². The number of rotatable bonds is 4. The van der Waals surface area contributed by atoms with Crippen molar-refractivity contribution in [2.75, 3.05) is 11.9 Å². The summed E-state index contributed by atoms with van der Waals surface area (Å²) in [6.07, 6.45) is -2.77. The second-order valence-electron chi connectivity index (χ2n) is 7.04. The third kappa shape index (κ3) is 3.81. The number of hydrogen-bond acceptors (Lipinski definition) is 5. The third-order valence-electron chi connectivity index (χ3n) is 5.11. The number of esters is 1. The van der Waals surface area contributed by atoms with Gasteiger partial charge in [0.15, 0.2) is 0 Å². The lowest BCUT2D eigenvalue weighted by Crippen LogP contribution is -2.21. The number of amides is 1. The Morgan fingerprint density at radius 1 is 1.33 bits per heavy atom. The molecule has 1 N–H and O–H groups in total. The molecule has 4 rings (SSSR count). The molecule has 5 nitrogen and oxygen atoms in total. The van der Waals surface area contributed by atoms with Crippen molar-refractivity contribution < 1.29 is 32.2 Å². The standard InChI is InChI=1S/C20H17ClF3NO4S/c1-2-28-19(27)15-12-8-10-4-6-14(29-10)16(12)30-18(15)25-17(26)11-7-9(21)3-5-13(11)20(22,23)24/h3,5,7,10,14H,2,4,6,8H2,1H3,(H,25,26). The van der Waals surface area contributed by atoms with Crippen LogP contribution in [0.25, 0.3) is 0 Å². The number of fused-ring (bicyclic) bond motifs is 4. The molecule has 2 aliphatic rings. The quantitative estimate of drug-likeness (QED) is 0.602. The second kappa shape index (κ2) is 7.86. The molecule has 1 amide bonds. The minimum absolute atomic E-state index is 0.00468. The molecule has 0 aliphatic carbocycles. The van der Waals surface area contributed by atoms with Crippen LogP contribution >= 0.6 is 22.9 Å². The number of benzene rings is 1. The maximum atomic E-state index is 13.4. The first-order chi connectivity index (χ1) is 14.2. The van der Waals surface area contributed by atoms with Crippen LogP contribution in [0.1, 0.15) is 62.6 Å². The first-order valence-corrected chi connectivity index (χ1v) is 10.5. The highest BCUT2D eigenvalue weighted by Crippen LogP contribution is 2.49. The van der Waals surface area contributed by atoms with Gasteiger partial charge in [0.05, 0.1) is 35.5 Å². The van der Waals surface area contributed by atoms with E-state index in [1.54, 1.807) is 6.92 Å². The summed E-state index contributed by atoms with van der Waals surface area (Å²) in [5.74, 6) is -1.62. The van der Waals surface area contributed by atoms with E-state index in [4.69, 9.17) is 21.1 Å². The fraction of sp³-hybridized carbons (Fsp3) is 0.400.